The van der Waals surface area contributed by atoms with Gasteiger partial charge >= 0.3 is 6.61 Å². The topological polar surface area (TPSA) is 68.3 Å². The van der Waals surface area contributed by atoms with Crippen LogP contribution in [0.25, 0.3) is 0 Å². The van der Waals surface area contributed by atoms with Crippen LogP contribution in [-0.4, -0.2) is 63.1 Å². The van der Waals surface area contributed by atoms with Gasteiger partial charge in [-0.1, -0.05) is 6.07 Å². The first-order valence-electron chi connectivity index (χ1n) is 8.12. The molecule has 1 fully saturated rings. The molecule has 1 aliphatic rings. The van der Waals surface area contributed by atoms with E-state index in [0.29, 0.717) is 5.56 Å². The standard InChI is InChI=1S/C16H24F2N2O5S/c1-11-8-20(9-12(2)24-11)26(21,22)19(3)10-13-5-6-14(23-4)15(7-13)25-16(17)18/h5-7,11-12,16H,8-10H2,1-4H3. The molecule has 0 aromatic heterocycles. The molecule has 0 spiro atoms. The molecule has 1 aromatic carbocycles. The largest absolute Gasteiger partial charge is 0.493 e. The number of morpholine rings is 1. The van der Waals surface area contributed by atoms with Crippen LogP contribution < -0.4 is 9.47 Å². The molecule has 0 aliphatic carbocycles. The molecule has 0 radical (unpaired) electrons. The molecule has 2 unspecified atom stereocenters. The number of hydrogen-bond donors (Lipinski definition) is 0. The Morgan fingerprint density at radius 1 is 1.27 bits per heavy atom. The maximum absolute atomic E-state index is 12.8. The third-order valence-electron chi connectivity index (χ3n) is 3.96. The maximum atomic E-state index is 12.8. The average molecular weight is 394 g/mol. The van der Waals surface area contributed by atoms with Crippen molar-refractivity contribution in [2.45, 2.75) is 39.2 Å². The lowest BCUT2D eigenvalue weighted by Gasteiger charge is -2.36. The molecule has 1 saturated heterocycles. The van der Waals surface area contributed by atoms with Crippen molar-refractivity contribution in [2.24, 2.45) is 0 Å². The van der Waals surface area contributed by atoms with Crippen LogP contribution in [0.15, 0.2) is 18.2 Å². The highest BCUT2D eigenvalue weighted by Crippen LogP contribution is 2.30. The molecule has 2 atom stereocenters. The fourth-order valence-corrected chi connectivity index (χ4v) is 4.37. The van der Waals surface area contributed by atoms with Crippen LogP contribution in [0, 0.1) is 0 Å². The van der Waals surface area contributed by atoms with E-state index in [2.05, 4.69) is 4.74 Å². The third-order valence-corrected chi connectivity index (χ3v) is 5.82. The molecule has 0 amide bonds. The second kappa shape index (κ2) is 8.47. The van der Waals surface area contributed by atoms with E-state index in [1.165, 1.54) is 34.9 Å². The lowest BCUT2D eigenvalue weighted by atomic mass is 10.2. The summed E-state index contributed by atoms with van der Waals surface area (Å²) >= 11 is 0. The molecule has 1 heterocycles. The van der Waals surface area contributed by atoms with Gasteiger partial charge in [-0.2, -0.15) is 25.8 Å². The van der Waals surface area contributed by atoms with E-state index in [4.69, 9.17) is 9.47 Å². The first-order valence-corrected chi connectivity index (χ1v) is 9.51. The van der Waals surface area contributed by atoms with Crippen LogP contribution in [-0.2, 0) is 21.5 Å². The first-order chi connectivity index (χ1) is 12.1. The van der Waals surface area contributed by atoms with Gasteiger partial charge in [0.05, 0.1) is 19.3 Å². The number of rotatable bonds is 7. The summed E-state index contributed by atoms with van der Waals surface area (Å²) in [6.07, 6.45) is -0.400. The van der Waals surface area contributed by atoms with Gasteiger partial charge in [0.1, 0.15) is 0 Å². The van der Waals surface area contributed by atoms with Gasteiger partial charge in [-0.15, -0.1) is 0 Å². The quantitative estimate of drug-likeness (QED) is 0.708. The molecule has 0 N–H and O–H groups in total. The number of ether oxygens (including phenoxy) is 3. The summed E-state index contributed by atoms with van der Waals surface area (Å²) in [6, 6.07) is 4.42. The highest BCUT2D eigenvalue weighted by molar-refractivity contribution is 7.86. The number of benzene rings is 1. The zero-order chi connectivity index (χ0) is 19.5. The zero-order valence-corrected chi connectivity index (χ0v) is 16.0. The fraction of sp³-hybridized carbons (Fsp3) is 0.625. The van der Waals surface area contributed by atoms with Gasteiger partial charge in [-0.3, -0.25) is 0 Å². The summed E-state index contributed by atoms with van der Waals surface area (Å²) in [5.41, 5.74) is 0.502. The summed E-state index contributed by atoms with van der Waals surface area (Å²) in [7, 11) is -0.931. The molecule has 0 saturated carbocycles. The summed E-state index contributed by atoms with van der Waals surface area (Å²) in [6.45, 7) is 1.16. The number of alkyl halides is 2. The normalized spacial score (nSPS) is 22.0. The molecule has 2 rings (SSSR count). The van der Waals surface area contributed by atoms with Gasteiger partial charge in [-0.25, -0.2) is 0 Å². The Bertz CT molecular complexity index is 707. The zero-order valence-electron chi connectivity index (χ0n) is 15.2. The summed E-state index contributed by atoms with van der Waals surface area (Å²) in [4.78, 5) is 0. The number of hydrogen-bond acceptors (Lipinski definition) is 5. The predicted molar refractivity (Wildman–Crippen MR) is 91.6 cm³/mol. The van der Waals surface area contributed by atoms with Crippen molar-refractivity contribution < 1.29 is 31.4 Å². The van der Waals surface area contributed by atoms with Crippen LogP contribution in [0.5, 0.6) is 11.5 Å². The van der Waals surface area contributed by atoms with Crippen molar-refractivity contribution in [1.82, 2.24) is 8.61 Å². The molecular formula is C16H24F2N2O5S. The second-order valence-electron chi connectivity index (χ2n) is 6.20. The van der Waals surface area contributed by atoms with Crippen molar-refractivity contribution in [2.75, 3.05) is 27.2 Å². The van der Waals surface area contributed by atoms with Crippen LogP contribution in [0.2, 0.25) is 0 Å². The minimum absolute atomic E-state index is 0.00600. The predicted octanol–water partition coefficient (Wildman–Crippen LogP) is 2.08. The number of nitrogens with zero attached hydrogens (tertiary/aromatic N) is 2. The van der Waals surface area contributed by atoms with Crippen molar-refractivity contribution in [3.63, 3.8) is 0 Å². The Kier molecular flexibility index (Phi) is 6.78. The van der Waals surface area contributed by atoms with Crippen molar-refractivity contribution in [3.05, 3.63) is 23.8 Å². The van der Waals surface area contributed by atoms with Gasteiger partial charge in [0.15, 0.2) is 11.5 Å². The molecule has 1 aliphatic heterocycles. The Hall–Kier alpha value is -1.49. The Labute approximate surface area is 152 Å². The molecular weight excluding hydrogens is 370 g/mol. The minimum atomic E-state index is -3.71. The number of methoxy groups -OCH3 is 1. The van der Waals surface area contributed by atoms with Crippen molar-refractivity contribution in [3.8, 4) is 11.5 Å². The van der Waals surface area contributed by atoms with Gasteiger partial charge in [0, 0.05) is 26.7 Å². The van der Waals surface area contributed by atoms with E-state index in [-0.39, 0.29) is 43.3 Å². The van der Waals surface area contributed by atoms with Crippen LogP contribution >= 0.6 is 0 Å². The Morgan fingerprint density at radius 3 is 2.42 bits per heavy atom. The lowest BCUT2D eigenvalue weighted by Crippen LogP contribution is -2.52. The molecule has 148 valence electrons. The minimum Gasteiger partial charge on any atom is -0.493 e. The molecule has 7 nitrogen and oxygen atoms in total. The Morgan fingerprint density at radius 2 is 1.88 bits per heavy atom. The average Bonchev–Trinajstić information content (AvgIpc) is 2.53. The monoisotopic (exact) mass is 394 g/mol. The summed E-state index contributed by atoms with van der Waals surface area (Å²) < 4.78 is 68.2. The smallest absolute Gasteiger partial charge is 0.387 e. The first kappa shape index (κ1) is 20.8. The molecule has 0 bridgehead atoms. The summed E-state index contributed by atoms with van der Waals surface area (Å²) in [5.74, 6) is 0.00908. The van der Waals surface area contributed by atoms with Gasteiger partial charge in [-0.05, 0) is 31.5 Å². The van der Waals surface area contributed by atoms with Gasteiger partial charge < -0.3 is 14.2 Å². The van der Waals surface area contributed by atoms with Crippen LogP contribution in [0.3, 0.4) is 0 Å². The molecule has 10 heteroatoms. The second-order valence-corrected chi connectivity index (χ2v) is 8.24. The van der Waals surface area contributed by atoms with Crippen LogP contribution in [0.4, 0.5) is 8.78 Å². The van der Waals surface area contributed by atoms with E-state index in [1.54, 1.807) is 6.07 Å². The maximum Gasteiger partial charge on any atom is 0.387 e. The van der Waals surface area contributed by atoms with Gasteiger partial charge in [0.2, 0.25) is 0 Å². The van der Waals surface area contributed by atoms with E-state index in [0.717, 1.165) is 0 Å². The van der Waals surface area contributed by atoms with Crippen molar-refractivity contribution >= 4 is 10.2 Å². The van der Waals surface area contributed by atoms with Crippen molar-refractivity contribution in [1.29, 1.82) is 0 Å². The fourth-order valence-electron chi connectivity index (χ4n) is 2.86. The van der Waals surface area contributed by atoms with E-state index in [1.807, 2.05) is 13.8 Å². The lowest BCUT2D eigenvalue weighted by molar-refractivity contribution is -0.0512. The van der Waals surface area contributed by atoms with E-state index >= 15 is 0 Å². The Balaban J connectivity index is 2.16. The van der Waals surface area contributed by atoms with E-state index < -0.39 is 16.8 Å². The highest BCUT2D eigenvalue weighted by Gasteiger charge is 2.33. The third kappa shape index (κ3) is 5.03. The molecule has 1 aromatic rings. The summed E-state index contributed by atoms with van der Waals surface area (Å²) in [5, 5.41) is 0. The highest BCUT2D eigenvalue weighted by atomic mass is 32.2. The molecule has 26 heavy (non-hydrogen) atoms. The van der Waals surface area contributed by atoms with E-state index in [9.17, 15) is 17.2 Å². The SMILES string of the molecule is COc1ccc(CN(C)S(=O)(=O)N2CC(C)OC(C)C2)cc1OC(F)F. The van der Waals surface area contributed by atoms with Gasteiger partial charge in [0.25, 0.3) is 10.2 Å². The number of halogens is 2. The van der Waals surface area contributed by atoms with Crippen LogP contribution in [0.1, 0.15) is 19.4 Å².